The zero-order valence-corrected chi connectivity index (χ0v) is 24.7. The first-order valence-corrected chi connectivity index (χ1v) is 16.1. The number of carbonyl (C=O) groups is 2. The Morgan fingerprint density at radius 2 is 1.71 bits per heavy atom. The Hall–Kier alpha value is -3.12. The molecule has 1 N–H and O–H groups in total. The van der Waals surface area contributed by atoms with Crippen molar-refractivity contribution in [3.8, 4) is 0 Å². The second-order valence-corrected chi connectivity index (χ2v) is 13.3. The van der Waals surface area contributed by atoms with E-state index in [0.29, 0.717) is 51.0 Å². The number of piperidine rings is 1. The van der Waals surface area contributed by atoms with Gasteiger partial charge in [-0.1, -0.05) is 24.3 Å². The van der Waals surface area contributed by atoms with Crippen LogP contribution in [-0.2, 0) is 21.1 Å². The van der Waals surface area contributed by atoms with Crippen LogP contribution in [0.5, 0.6) is 0 Å². The fourth-order valence-electron chi connectivity index (χ4n) is 6.08. The van der Waals surface area contributed by atoms with Gasteiger partial charge in [0.15, 0.2) is 9.84 Å². The van der Waals surface area contributed by atoms with Gasteiger partial charge in [0.2, 0.25) is 5.91 Å². The van der Waals surface area contributed by atoms with Gasteiger partial charge in [-0.2, -0.15) is 0 Å². The second-order valence-electron chi connectivity index (χ2n) is 11.3. The highest BCUT2D eigenvalue weighted by Gasteiger charge is 2.51. The summed E-state index contributed by atoms with van der Waals surface area (Å²) in [5.41, 5.74) is 1.17. The molecule has 12 heteroatoms. The van der Waals surface area contributed by atoms with Crippen molar-refractivity contribution in [3.63, 3.8) is 0 Å². The third-order valence-corrected chi connectivity index (χ3v) is 9.47. The molecular weight excluding hydrogens is 571 g/mol. The summed E-state index contributed by atoms with van der Waals surface area (Å²) >= 11 is 0. The van der Waals surface area contributed by atoms with Crippen molar-refractivity contribution < 1.29 is 36.3 Å². The highest BCUT2D eigenvalue weighted by molar-refractivity contribution is 7.90. The molecule has 0 spiro atoms. The third-order valence-electron chi connectivity index (χ3n) is 8.34. The SMILES string of the molecule is CCN(C(=O)Cc1ccc(S(C)(=O)=O)cc1)C1CCN(CCC(c2cccc(F)c2)N(C(=O)O)C2CC(F)(F)C2)CC1. The molecule has 1 saturated carbocycles. The highest BCUT2D eigenvalue weighted by atomic mass is 32.2. The van der Waals surface area contributed by atoms with E-state index >= 15 is 0 Å². The lowest BCUT2D eigenvalue weighted by Crippen LogP contribution is -2.54. The maximum Gasteiger partial charge on any atom is 0.408 e. The van der Waals surface area contributed by atoms with Gasteiger partial charge in [-0.05, 0) is 61.6 Å². The lowest BCUT2D eigenvalue weighted by molar-refractivity contribution is -0.133. The number of alkyl halides is 2. The summed E-state index contributed by atoms with van der Waals surface area (Å²) in [5, 5.41) is 9.96. The summed E-state index contributed by atoms with van der Waals surface area (Å²) < 4.78 is 64.8. The topological polar surface area (TPSA) is 98.2 Å². The van der Waals surface area contributed by atoms with Crippen LogP contribution >= 0.6 is 0 Å². The summed E-state index contributed by atoms with van der Waals surface area (Å²) in [6.07, 6.45) is 0.673. The standard InChI is InChI=1S/C30H38F3N3O5S/c1-3-35(28(37)17-21-7-9-26(10-8-21)42(2,40)41)24-11-14-34(15-12-24)16-13-27(22-5-4-6-23(31)18-22)36(29(38)39)25-19-30(32,33)20-25/h4-10,18,24-25,27H,3,11-17,19-20H2,1-2H3,(H,38,39). The number of hydrogen-bond acceptors (Lipinski definition) is 5. The Balaban J connectivity index is 1.36. The van der Waals surface area contributed by atoms with E-state index < -0.39 is 52.6 Å². The molecule has 2 aromatic rings. The molecular formula is C30H38F3N3O5S. The van der Waals surface area contributed by atoms with Crippen LogP contribution in [0.2, 0.25) is 0 Å². The number of rotatable bonds is 11. The van der Waals surface area contributed by atoms with Gasteiger partial charge in [0.1, 0.15) is 5.82 Å². The van der Waals surface area contributed by atoms with Gasteiger partial charge in [-0.15, -0.1) is 0 Å². The van der Waals surface area contributed by atoms with Gasteiger partial charge in [0.25, 0.3) is 5.92 Å². The Morgan fingerprint density at radius 3 is 2.24 bits per heavy atom. The maximum atomic E-state index is 14.1. The van der Waals surface area contributed by atoms with Gasteiger partial charge in [-0.25, -0.2) is 26.4 Å². The molecule has 230 valence electrons. The van der Waals surface area contributed by atoms with Crippen LogP contribution in [0.25, 0.3) is 0 Å². The van der Waals surface area contributed by atoms with Crippen molar-refractivity contribution in [1.82, 2.24) is 14.7 Å². The maximum absolute atomic E-state index is 14.1. The van der Waals surface area contributed by atoms with E-state index in [1.165, 1.54) is 30.3 Å². The lowest BCUT2D eigenvalue weighted by Gasteiger charge is -2.45. The van der Waals surface area contributed by atoms with Crippen LogP contribution in [0.1, 0.15) is 56.2 Å². The monoisotopic (exact) mass is 609 g/mol. The average Bonchev–Trinajstić information content (AvgIpc) is 2.90. The first-order valence-electron chi connectivity index (χ1n) is 14.2. The Labute approximate surface area is 245 Å². The van der Waals surface area contributed by atoms with Crippen LogP contribution in [0.3, 0.4) is 0 Å². The van der Waals surface area contributed by atoms with E-state index in [0.717, 1.165) is 16.7 Å². The van der Waals surface area contributed by atoms with E-state index in [-0.39, 0.29) is 23.3 Å². The molecule has 1 unspecified atom stereocenters. The van der Waals surface area contributed by atoms with Crippen LogP contribution < -0.4 is 0 Å². The molecule has 4 rings (SSSR count). The predicted molar refractivity (Wildman–Crippen MR) is 152 cm³/mol. The quantitative estimate of drug-likeness (QED) is 0.386. The number of sulfone groups is 1. The van der Waals surface area contributed by atoms with Gasteiger partial charge in [-0.3, -0.25) is 9.69 Å². The molecule has 1 aliphatic heterocycles. The van der Waals surface area contributed by atoms with Crippen molar-refractivity contribution in [3.05, 3.63) is 65.5 Å². The minimum absolute atomic E-state index is 0.0285. The largest absolute Gasteiger partial charge is 0.465 e. The van der Waals surface area contributed by atoms with Crippen molar-refractivity contribution in [1.29, 1.82) is 0 Å². The smallest absolute Gasteiger partial charge is 0.408 e. The summed E-state index contributed by atoms with van der Waals surface area (Å²) in [5.74, 6) is -3.45. The Bertz CT molecular complexity index is 1360. The number of carbonyl (C=O) groups excluding carboxylic acids is 1. The number of likely N-dealkylation sites (N-methyl/N-ethyl adjacent to an activating group) is 1. The van der Waals surface area contributed by atoms with Crippen LogP contribution in [0, 0.1) is 5.82 Å². The molecule has 42 heavy (non-hydrogen) atoms. The number of halogens is 3. The first-order chi connectivity index (χ1) is 19.8. The molecule has 2 amide bonds. The molecule has 0 aromatic heterocycles. The molecule has 0 radical (unpaired) electrons. The number of hydrogen-bond donors (Lipinski definition) is 1. The second kappa shape index (κ2) is 13.0. The number of amides is 2. The van der Waals surface area contributed by atoms with Gasteiger partial charge in [0.05, 0.1) is 17.4 Å². The molecule has 1 heterocycles. The minimum Gasteiger partial charge on any atom is -0.465 e. The van der Waals surface area contributed by atoms with Gasteiger partial charge in [0, 0.05) is 57.4 Å². The van der Waals surface area contributed by atoms with Crippen LogP contribution in [-0.4, -0.2) is 90.7 Å². The summed E-state index contributed by atoms with van der Waals surface area (Å²) in [7, 11) is -3.31. The third kappa shape index (κ3) is 7.83. The van der Waals surface area contributed by atoms with E-state index in [4.69, 9.17) is 0 Å². The molecule has 1 aliphatic carbocycles. The Morgan fingerprint density at radius 1 is 1.07 bits per heavy atom. The first kappa shape index (κ1) is 31.8. The average molecular weight is 610 g/mol. The zero-order chi connectivity index (χ0) is 30.7. The van der Waals surface area contributed by atoms with Crippen molar-refractivity contribution in [2.45, 2.75) is 74.4 Å². The van der Waals surface area contributed by atoms with Gasteiger partial charge >= 0.3 is 6.09 Å². The number of likely N-dealkylation sites (tertiary alicyclic amines) is 1. The molecule has 2 aromatic carbocycles. The van der Waals surface area contributed by atoms with E-state index in [1.54, 1.807) is 18.2 Å². The number of nitrogens with zero attached hydrogens (tertiary/aromatic N) is 3. The molecule has 2 fully saturated rings. The van der Waals surface area contributed by atoms with E-state index in [2.05, 4.69) is 4.90 Å². The Kier molecular flexibility index (Phi) is 9.87. The van der Waals surface area contributed by atoms with Crippen LogP contribution in [0.15, 0.2) is 53.4 Å². The minimum atomic E-state index is -3.31. The fourth-order valence-corrected chi connectivity index (χ4v) is 6.71. The van der Waals surface area contributed by atoms with Crippen molar-refractivity contribution in [2.75, 3.05) is 32.4 Å². The molecule has 0 bridgehead atoms. The van der Waals surface area contributed by atoms with Crippen LogP contribution in [0.4, 0.5) is 18.0 Å². The van der Waals surface area contributed by atoms with Gasteiger partial charge < -0.3 is 14.9 Å². The summed E-state index contributed by atoms with van der Waals surface area (Å²) in [6, 6.07) is 10.4. The predicted octanol–water partition coefficient (Wildman–Crippen LogP) is 4.99. The molecule has 2 aliphatic rings. The highest BCUT2D eigenvalue weighted by Crippen LogP contribution is 2.44. The number of carboxylic acid groups (broad SMARTS) is 1. The van der Waals surface area contributed by atoms with Crippen molar-refractivity contribution >= 4 is 21.8 Å². The molecule has 1 saturated heterocycles. The normalized spacial score (nSPS) is 18.7. The lowest BCUT2D eigenvalue weighted by atomic mass is 9.85. The number of benzene rings is 2. The summed E-state index contributed by atoms with van der Waals surface area (Å²) in [4.78, 5) is 30.6. The van der Waals surface area contributed by atoms with Crippen molar-refractivity contribution in [2.24, 2.45) is 0 Å². The zero-order valence-electron chi connectivity index (χ0n) is 23.9. The summed E-state index contributed by atoms with van der Waals surface area (Å²) in [6.45, 7) is 4.29. The molecule has 8 nitrogen and oxygen atoms in total. The fraction of sp³-hybridized carbons (Fsp3) is 0.533. The van der Waals surface area contributed by atoms with E-state index in [9.17, 15) is 36.3 Å². The molecule has 1 atom stereocenters. The van der Waals surface area contributed by atoms with E-state index in [1.807, 2.05) is 11.8 Å².